The number of rotatable bonds is 4. The van der Waals surface area contributed by atoms with Crippen molar-refractivity contribution in [2.24, 2.45) is 0 Å². The summed E-state index contributed by atoms with van der Waals surface area (Å²) in [4.78, 5) is 25.0. The summed E-state index contributed by atoms with van der Waals surface area (Å²) in [6.45, 7) is 1.43. The molecule has 1 atom stereocenters. The predicted octanol–water partition coefficient (Wildman–Crippen LogP) is 2.14. The van der Waals surface area contributed by atoms with Gasteiger partial charge in [-0.05, 0) is 18.4 Å². The van der Waals surface area contributed by atoms with Crippen LogP contribution in [-0.2, 0) is 16.1 Å². The first-order valence-corrected chi connectivity index (χ1v) is 7.53. The van der Waals surface area contributed by atoms with Gasteiger partial charge in [-0.3, -0.25) is 4.79 Å². The van der Waals surface area contributed by atoms with Crippen LogP contribution in [0, 0.1) is 0 Å². The van der Waals surface area contributed by atoms with E-state index < -0.39 is 6.09 Å². The minimum atomic E-state index is -0.455. The number of nitrogens with zero attached hydrogens (tertiary/aromatic N) is 1. The number of amides is 2. The van der Waals surface area contributed by atoms with Crippen molar-refractivity contribution in [3.63, 3.8) is 0 Å². The van der Waals surface area contributed by atoms with Gasteiger partial charge in [-0.2, -0.15) is 0 Å². The molecular weight excluding hydrogens is 292 g/mol. The first-order valence-electron chi connectivity index (χ1n) is 7.00. The number of halogens is 1. The molecule has 114 valence electrons. The third-order valence-corrected chi connectivity index (χ3v) is 3.65. The second-order valence-corrected chi connectivity index (χ2v) is 5.29. The molecule has 6 heteroatoms. The molecule has 2 rings (SSSR count). The molecule has 0 aliphatic carbocycles. The maximum absolute atomic E-state index is 11.8. The van der Waals surface area contributed by atoms with Crippen LogP contribution in [0.2, 0.25) is 0 Å². The SMILES string of the molecule is O=C(N[C@H]1CCCN(C(=O)CCl)C1)OCc1ccccc1. The topological polar surface area (TPSA) is 58.6 Å². The highest BCUT2D eigenvalue weighted by Crippen LogP contribution is 2.11. The summed E-state index contributed by atoms with van der Waals surface area (Å²) in [5.41, 5.74) is 0.940. The fourth-order valence-corrected chi connectivity index (χ4v) is 2.51. The van der Waals surface area contributed by atoms with E-state index in [2.05, 4.69) is 5.32 Å². The summed E-state index contributed by atoms with van der Waals surface area (Å²) >= 11 is 5.55. The van der Waals surface area contributed by atoms with E-state index in [4.69, 9.17) is 16.3 Å². The zero-order valence-electron chi connectivity index (χ0n) is 11.8. The number of carbonyl (C=O) groups excluding carboxylic acids is 2. The number of alkyl carbamates (subject to hydrolysis) is 1. The predicted molar refractivity (Wildman–Crippen MR) is 80.1 cm³/mol. The molecule has 1 aliphatic heterocycles. The lowest BCUT2D eigenvalue weighted by Crippen LogP contribution is -2.50. The number of alkyl halides is 1. The van der Waals surface area contributed by atoms with Gasteiger partial charge in [0, 0.05) is 19.1 Å². The maximum Gasteiger partial charge on any atom is 0.407 e. The quantitative estimate of drug-likeness (QED) is 0.867. The van der Waals surface area contributed by atoms with Crippen molar-refractivity contribution >= 4 is 23.6 Å². The largest absolute Gasteiger partial charge is 0.445 e. The Morgan fingerprint density at radius 3 is 2.81 bits per heavy atom. The van der Waals surface area contributed by atoms with Crippen molar-refractivity contribution < 1.29 is 14.3 Å². The van der Waals surface area contributed by atoms with Crippen LogP contribution in [-0.4, -0.2) is 41.9 Å². The van der Waals surface area contributed by atoms with Gasteiger partial charge in [0.05, 0.1) is 0 Å². The van der Waals surface area contributed by atoms with Gasteiger partial charge >= 0.3 is 6.09 Å². The van der Waals surface area contributed by atoms with Crippen molar-refractivity contribution in [3.05, 3.63) is 35.9 Å². The molecule has 1 aromatic carbocycles. The number of ether oxygens (including phenoxy) is 1. The van der Waals surface area contributed by atoms with Gasteiger partial charge in [0.25, 0.3) is 0 Å². The van der Waals surface area contributed by atoms with E-state index in [0.717, 1.165) is 18.4 Å². The summed E-state index contributed by atoms with van der Waals surface area (Å²) < 4.78 is 5.17. The molecule has 2 amide bonds. The Hall–Kier alpha value is -1.75. The average Bonchev–Trinajstić information content (AvgIpc) is 2.53. The third kappa shape index (κ3) is 4.93. The highest BCUT2D eigenvalue weighted by Gasteiger charge is 2.24. The Balaban J connectivity index is 1.76. The number of carbonyl (C=O) groups is 2. The summed E-state index contributed by atoms with van der Waals surface area (Å²) in [7, 11) is 0. The lowest BCUT2D eigenvalue weighted by atomic mass is 10.1. The normalized spacial score (nSPS) is 18.1. The Morgan fingerprint density at radius 2 is 2.10 bits per heavy atom. The molecule has 0 spiro atoms. The van der Waals surface area contributed by atoms with Gasteiger partial charge in [0.2, 0.25) is 5.91 Å². The van der Waals surface area contributed by atoms with Gasteiger partial charge in [-0.1, -0.05) is 30.3 Å². The number of likely N-dealkylation sites (tertiary alicyclic amines) is 1. The smallest absolute Gasteiger partial charge is 0.407 e. The summed E-state index contributed by atoms with van der Waals surface area (Å²) in [6, 6.07) is 9.42. The van der Waals surface area contributed by atoms with Crippen LogP contribution in [0.25, 0.3) is 0 Å². The number of nitrogens with one attached hydrogen (secondary N) is 1. The minimum Gasteiger partial charge on any atom is -0.445 e. The van der Waals surface area contributed by atoms with Gasteiger partial charge in [-0.25, -0.2) is 4.79 Å². The molecule has 0 saturated carbocycles. The second kappa shape index (κ2) is 7.88. The van der Waals surface area contributed by atoms with E-state index in [1.807, 2.05) is 30.3 Å². The Morgan fingerprint density at radius 1 is 1.33 bits per heavy atom. The Kier molecular flexibility index (Phi) is 5.87. The molecule has 0 unspecified atom stereocenters. The second-order valence-electron chi connectivity index (χ2n) is 5.02. The van der Waals surface area contributed by atoms with E-state index in [1.165, 1.54) is 0 Å². The molecule has 1 aromatic rings. The van der Waals surface area contributed by atoms with Crippen LogP contribution in [0.15, 0.2) is 30.3 Å². The standard InChI is InChI=1S/C15H19ClN2O3/c16-9-14(19)18-8-4-7-13(10-18)17-15(20)21-11-12-5-2-1-3-6-12/h1-3,5-6,13H,4,7-11H2,(H,17,20)/t13-/m0/s1. The van der Waals surface area contributed by atoms with Gasteiger partial charge in [0.15, 0.2) is 0 Å². The van der Waals surface area contributed by atoms with Gasteiger partial charge < -0.3 is 15.0 Å². The zero-order valence-corrected chi connectivity index (χ0v) is 12.5. The molecule has 0 radical (unpaired) electrons. The average molecular weight is 311 g/mol. The van der Waals surface area contributed by atoms with E-state index in [-0.39, 0.29) is 24.4 Å². The molecule has 1 saturated heterocycles. The molecule has 1 heterocycles. The highest BCUT2D eigenvalue weighted by molar-refractivity contribution is 6.27. The lowest BCUT2D eigenvalue weighted by Gasteiger charge is -2.32. The molecule has 1 fully saturated rings. The zero-order chi connectivity index (χ0) is 15.1. The van der Waals surface area contributed by atoms with E-state index in [9.17, 15) is 9.59 Å². The Bertz CT molecular complexity index is 481. The van der Waals surface area contributed by atoms with Crippen molar-refractivity contribution in [1.82, 2.24) is 10.2 Å². The number of hydrogen-bond donors (Lipinski definition) is 1. The molecular formula is C15H19ClN2O3. The number of hydrogen-bond acceptors (Lipinski definition) is 3. The van der Waals surface area contributed by atoms with Crippen LogP contribution in [0.4, 0.5) is 4.79 Å². The third-order valence-electron chi connectivity index (χ3n) is 3.42. The molecule has 5 nitrogen and oxygen atoms in total. The van der Waals surface area contributed by atoms with Gasteiger partial charge in [-0.15, -0.1) is 11.6 Å². The molecule has 1 N–H and O–H groups in total. The highest BCUT2D eigenvalue weighted by atomic mass is 35.5. The fourth-order valence-electron chi connectivity index (χ4n) is 2.34. The molecule has 1 aliphatic rings. The molecule has 21 heavy (non-hydrogen) atoms. The van der Waals surface area contributed by atoms with E-state index in [1.54, 1.807) is 4.90 Å². The van der Waals surface area contributed by atoms with Crippen LogP contribution in [0.5, 0.6) is 0 Å². The maximum atomic E-state index is 11.8. The van der Waals surface area contributed by atoms with Crippen LogP contribution >= 0.6 is 11.6 Å². The summed E-state index contributed by atoms with van der Waals surface area (Å²) in [5.74, 6) is -0.119. The monoisotopic (exact) mass is 310 g/mol. The molecule has 0 bridgehead atoms. The van der Waals surface area contributed by atoms with E-state index >= 15 is 0 Å². The van der Waals surface area contributed by atoms with Crippen molar-refractivity contribution in [3.8, 4) is 0 Å². The first kappa shape index (κ1) is 15.6. The van der Waals surface area contributed by atoms with Crippen LogP contribution < -0.4 is 5.32 Å². The lowest BCUT2D eigenvalue weighted by molar-refractivity contribution is -0.129. The number of benzene rings is 1. The summed E-state index contributed by atoms with van der Waals surface area (Å²) in [5, 5.41) is 2.80. The molecule has 0 aromatic heterocycles. The van der Waals surface area contributed by atoms with Gasteiger partial charge in [0.1, 0.15) is 12.5 Å². The van der Waals surface area contributed by atoms with Crippen LogP contribution in [0.3, 0.4) is 0 Å². The van der Waals surface area contributed by atoms with Crippen molar-refractivity contribution in [2.75, 3.05) is 19.0 Å². The minimum absolute atomic E-state index is 0.0226. The van der Waals surface area contributed by atoms with E-state index in [0.29, 0.717) is 13.1 Å². The number of piperidine rings is 1. The van der Waals surface area contributed by atoms with Crippen molar-refractivity contribution in [2.45, 2.75) is 25.5 Å². The fraction of sp³-hybridized carbons (Fsp3) is 0.467. The summed E-state index contributed by atoms with van der Waals surface area (Å²) in [6.07, 6.45) is 1.24. The first-order chi connectivity index (χ1) is 10.2. The van der Waals surface area contributed by atoms with Crippen LogP contribution in [0.1, 0.15) is 18.4 Å². The Labute approximate surface area is 129 Å². The van der Waals surface area contributed by atoms with Crippen molar-refractivity contribution in [1.29, 1.82) is 0 Å².